The molecule has 0 bridgehead atoms. The van der Waals surface area contributed by atoms with Gasteiger partial charge in [0.1, 0.15) is 4.91 Å². The van der Waals surface area contributed by atoms with Crippen molar-refractivity contribution in [2.75, 3.05) is 6.61 Å². The van der Waals surface area contributed by atoms with Gasteiger partial charge in [0.25, 0.3) is 0 Å². The first-order chi connectivity index (χ1) is 3.77. The summed E-state index contributed by atoms with van der Waals surface area (Å²) in [7, 11) is 0. The fourth-order valence-corrected chi connectivity index (χ4v) is 0.287. The van der Waals surface area contributed by atoms with Crippen LogP contribution in [0.2, 0.25) is 0 Å². The number of nitrogens with zero attached hydrogens (tertiary/aromatic N) is 1. The molecule has 0 saturated heterocycles. The zero-order valence-electron chi connectivity index (χ0n) is 4.83. The van der Waals surface area contributed by atoms with Crippen molar-refractivity contribution < 1.29 is 15.1 Å². The quantitative estimate of drug-likeness (QED) is 0.442. The molecule has 0 aromatic heterocycles. The van der Waals surface area contributed by atoms with Gasteiger partial charge in [-0.2, -0.15) is 4.84 Å². The van der Waals surface area contributed by atoms with Gasteiger partial charge < -0.3 is 0 Å². The lowest BCUT2D eigenvalue weighted by atomic mass is 10.4. The summed E-state index contributed by atoms with van der Waals surface area (Å²) in [5.41, 5.74) is 0. The van der Waals surface area contributed by atoms with Crippen LogP contribution in [0.5, 0.6) is 0 Å². The lowest BCUT2D eigenvalue weighted by Crippen LogP contribution is -2.03. The van der Waals surface area contributed by atoms with Crippen LogP contribution in [0, 0.1) is 4.91 Å². The van der Waals surface area contributed by atoms with E-state index in [0.717, 1.165) is 12.8 Å². The second-order valence-electron chi connectivity index (χ2n) is 1.42. The SMILES string of the molecule is CCCCO[N+](=O)O. The van der Waals surface area contributed by atoms with Gasteiger partial charge in [0.15, 0.2) is 6.61 Å². The maximum Gasteiger partial charge on any atom is 0.475 e. The van der Waals surface area contributed by atoms with Crippen LogP contribution in [0.4, 0.5) is 0 Å². The van der Waals surface area contributed by atoms with Gasteiger partial charge in [-0.15, -0.1) is 0 Å². The summed E-state index contributed by atoms with van der Waals surface area (Å²) >= 11 is 0. The molecule has 1 N–H and O–H groups in total. The summed E-state index contributed by atoms with van der Waals surface area (Å²) in [6.45, 7) is 2.26. The van der Waals surface area contributed by atoms with E-state index in [1.165, 1.54) is 0 Å². The van der Waals surface area contributed by atoms with Crippen molar-refractivity contribution >= 4 is 0 Å². The van der Waals surface area contributed by atoms with Crippen molar-refractivity contribution in [2.24, 2.45) is 0 Å². The van der Waals surface area contributed by atoms with Crippen LogP contribution < -0.4 is 0 Å². The second-order valence-corrected chi connectivity index (χ2v) is 1.42. The molecule has 0 heterocycles. The molecule has 0 aliphatic rings. The molecule has 0 radical (unpaired) electrons. The minimum absolute atomic E-state index is 0.288. The van der Waals surface area contributed by atoms with Crippen molar-refractivity contribution in [3.8, 4) is 0 Å². The Morgan fingerprint density at radius 2 is 2.38 bits per heavy atom. The summed E-state index contributed by atoms with van der Waals surface area (Å²) in [5.74, 6) is 0. The van der Waals surface area contributed by atoms with Crippen LogP contribution in [-0.2, 0) is 4.84 Å². The first-order valence-corrected chi connectivity index (χ1v) is 2.56. The lowest BCUT2D eigenvalue weighted by Gasteiger charge is -1.84. The van der Waals surface area contributed by atoms with Crippen LogP contribution in [-0.4, -0.2) is 16.9 Å². The largest absolute Gasteiger partial charge is 0.475 e. The highest BCUT2D eigenvalue weighted by Gasteiger charge is 2.00. The molecule has 0 aliphatic heterocycles. The van der Waals surface area contributed by atoms with E-state index < -0.39 is 5.09 Å². The van der Waals surface area contributed by atoms with Crippen LogP contribution in [0.1, 0.15) is 19.8 Å². The highest BCUT2D eigenvalue weighted by atomic mass is 16.9. The molecule has 0 aliphatic carbocycles. The van der Waals surface area contributed by atoms with Gasteiger partial charge in [0.05, 0.1) is 0 Å². The van der Waals surface area contributed by atoms with E-state index in [4.69, 9.17) is 5.21 Å². The molecule has 0 saturated carbocycles. The first kappa shape index (κ1) is 7.20. The number of hydrogen-bond acceptors (Lipinski definition) is 2. The monoisotopic (exact) mass is 120 g/mol. The predicted molar refractivity (Wildman–Crippen MR) is 26.3 cm³/mol. The van der Waals surface area contributed by atoms with E-state index in [9.17, 15) is 4.91 Å². The molecule has 0 aromatic rings. The summed E-state index contributed by atoms with van der Waals surface area (Å²) < 4.78 is 0. The van der Waals surface area contributed by atoms with Crippen LogP contribution in [0.3, 0.4) is 0 Å². The van der Waals surface area contributed by atoms with Gasteiger partial charge in [-0.25, -0.2) is 5.21 Å². The van der Waals surface area contributed by atoms with E-state index in [-0.39, 0.29) is 6.61 Å². The maximum absolute atomic E-state index is 9.57. The van der Waals surface area contributed by atoms with Crippen molar-refractivity contribution in [3.63, 3.8) is 0 Å². The minimum atomic E-state index is -0.518. The van der Waals surface area contributed by atoms with Crippen molar-refractivity contribution in [2.45, 2.75) is 19.8 Å². The molecule has 0 amide bonds. The van der Waals surface area contributed by atoms with E-state index in [1.54, 1.807) is 0 Å². The Morgan fingerprint density at radius 1 is 1.75 bits per heavy atom. The Bertz CT molecular complexity index is 73.7. The van der Waals surface area contributed by atoms with Gasteiger partial charge in [0.2, 0.25) is 0 Å². The zero-order valence-corrected chi connectivity index (χ0v) is 4.83. The van der Waals surface area contributed by atoms with Crippen LogP contribution in [0.25, 0.3) is 0 Å². The first-order valence-electron chi connectivity index (χ1n) is 2.56. The molecule has 0 atom stereocenters. The van der Waals surface area contributed by atoms with Gasteiger partial charge in [-0.1, -0.05) is 13.3 Å². The van der Waals surface area contributed by atoms with Crippen molar-refractivity contribution in [1.29, 1.82) is 0 Å². The Hall–Kier alpha value is -0.800. The summed E-state index contributed by atoms with van der Waals surface area (Å²) in [4.78, 5) is 13.7. The molecular weight excluding hydrogens is 110 g/mol. The summed E-state index contributed by atoms with van der Waals surface area (Å²) in [6.07, 6.45) is 1.74. The third kappa shape index (κ3) is 5.20. The molecule has 0 spiro atoms. The van der Waals surface area contributed by atoms with E-state index in [1.807, 2.05) is 6.92 Å². The molecule has 48 valence electrons. The molecule has 4 nitrogen and oxygen atoms in total. The number of rotatable bonds is 4. The van der Waals surface area contributed by atoms with Gasteiger partial charge in [0, 0.05) is 0 Å². The van der Waals surface area contributed by atoms with Crippen molar-refractivity contribution in [3.05, 3.63) is 4.91 Å². The van der Waals surface area contributed by atoms with Crippen LogP contribution in [0.15, 0.2) is 0 Å². The molecule has 4 heteroatoms. The zero-order chi connectivity index (χ0) is 6.41. The Labute approximate surface area is 47.6 Å². The van der Waals surface area contributed by atoms with E-state index >= 15 is 0 Å². The van der Waals surface area contributed by atoms with E-state index in [0.29, 0.717) is 0 Å². The summed E-state index contributed by atoms with van der Waals surface area (Å²) in [6, 6.07) is 0. The third-order valence-corrected chi connectivity index (χ3v) is 0.700. The lowest BCUT2D eigenvalue weighted by molar-refractivity contribution is -0.975. The summed E-state index contributed by atoms with van der Waals surface area (Å²) in [5, 5.41) is 7.32. The van der Waals surface area contributed by atoms with Crippen LogP contribution >= 0.6 is 0 Å². The maximum atomic E-state index is 9.57. The highest BCUT2D eigenvalue weighted by Crippen LogP contribution is 1.85. The molecule has 0 rings (SSSR count). The Balaban J connectivity index is 2.82. The number of hydrogen-bond donors (Lipinski definition) is 1. The normalized spacial score (nSPS) is 8.62. The van der Waals surface area contributed by atoms with Crippen molar-refractivity contribution in [1.82, 2.24) is 0 Å². The fraction of sp³-hybridized carbons (Fsp3) is 1.00. The smallest absolute Gasteiger partial charge is 0.200 e. The van der Waals surface area contributed by atoms with E-state index in [2.05, 4.69) is 4.84 Å². The minimum Gasteiger partial charge on any atom is -0.200 e. The average molecular weight is 120 g/mol. The fourth-order valence-electron chi connectivity index (χ4n) is 0.287. The Kier molecular flexibility index (Phi) is 3.93. The predicted octanol–water partition coefficient (Wildman–Crippen LogP) is 0.886. The highest BCUT2D eigenvalue weighted by molar-refractivity contribution is 4.24. The van der Waals surface area contributed by atoms with Gasteiger partial charge in [-0.3, -0.25) is 0 Å². The molecule has 0 unspecified atom stereocenters. The number of unbranched alkanes of at least 4 members (excludes halogenated alkanes) is 1. The molecule has 0 aromatic carbocycles. The second kappa shape index (κ2) is 4.36. The Morgan fingerprint density at radius 3 is 2.75 bits per heavy atom. The van der Waals surface area contributed by atoms with Gasteiger partial charge in [-0.05, 0) is 6.42 Å². The topological polar surface area (TPSA) is 49.5 Å². The third-order valence-electron chi connectivity index (χ3n) is 0.700. The standard InChI is InChI=1S/C4H10NO3/c1-2-3-4-8-5(6)7/h2-4H2,1H3,(H,6,7)/q+1. The molecule has 8 heavy (non-hydrogen) atoms. The molecule has 0 fully saturated rings. The average Bonchev–Trinajstić information content (AvgIpc) is 1.66. The van der Waals surface area contributed by atoms with Gasteiger partial charge >= 0.3 is 5.09 Å². The molecular formula is C4H10NO3+.